The molecule has 1 aromatic carbocycles. The summed E-state index contributed by atoms with van der Waals surface area (Å²) >= 11 is 0. The molecule has 7 nitrogen and oxygen atoms in total. The van der Waals surface area contributed by atoms with Gasteiger partial charge < -0.3 is 15.0 Å². The van der Waals surface area contributed by atoms with E-state index in [1.54, 1.807) is 14.2 Å². The minimum Gasteiger partial charge on any atom is -0.496 e. The molecule has 27 heavy (non-hydrogen) atoms. The highest BCUT2D eigenvalue weighted by atomic mass is 127. The van der Waals surface area contributed by atoms with E-state index in [1.165, 1.54) is 0 Å². The Morgan fingerprint density at radius 1 is 1.19 bits per heavy atom. The van der Waals surface area contributed by atoms with Crippen LogP contribution >= 0.6 is 24.0 Å². The van der Waals surface area contributed by atoms with Crippen molar-refractivity contribution in [3.8, 4) is 5.75 Å². The number of fused-ring (bicyclic) bond motifs is 1. The van der Waals surface area contributed by atoms with Gasteiger partial charge in [0, 0.05) is 45.4 Å². The molecule has 0 aliphatic carbocycles. The molecular weight excluding hydrogens is 455 g/mol. The normalized spacial score (nSPS) is 11.1. The van der Waals surface area contributed by atoms with Gasteiger partial charge in [0.2, 0.25) is 0 Å². The predicted molar refractivity (Wildman–Crippen MR) is 118 cm³/mol. The molecule has 1 N–H and O–H groups in total. The Kier molecular flexibility index (Phi) is 7.83. The highest BCUT2D eigenvalue weighted by Gasteiger charge is 2.10. The third-order valence-corrected chi connectivity index (χ3v) is 4.19. The van der Waals surface area contributed by atoms with Crippen LogP contribution in [-0.2, 0) is 13.0 Å². The topological polar surface area (TPSA) is 67.0 Å². The quantitative estimate of drug-likeness (QED) is 0.334. The first-order valence-electron chi connectivity index (χ1n) is 8.55. The lowest BCUT2D eigenvalue weighted by Crippen LogP contribution is -2.39. The summed E-state index contributed by atoms with van der Waals surface area (Å²) in [6.45, 7) is 1.43. The van der Waals surface area contributed by atoms with Crippen molar-refractivity contribution in [3.63, 3.8) is 0 Å². The lowest BCUT2D eigenvalue weighted by Gasteiger charge is -2.23. The SMILES string of the molecule is CN=C(NCCc1nnc2ccccn12)N(C)Cc1ccccc1OC.I. The molecule has 0 saturated carbocycles. The van der Waals surface area contributed by atoms with Gasteiger partial charge in [-0.2, -0.15) is 0 Å². The highest BCUT2D eigenvalue weighted by Crippen LogP contribution is 2.18. The zero-order chi connectivity index (χ0) is 18.4. The van der Waals surface area contributed by atoms with E-state index in [9.17, 15) is 0 Å². The number of benzene rings is 1. The van der Waals surface area contributed by atoms with E-state index in [2.05, 4.69) is 31.5 Å². The summed E-state index contributed by atoms with van der Waals surface area (Å²) < 4.78 is 7.43. The second-order valence-corrected chi connectivity index (χ2v) is 5.94. The van der Waals surface area contributed by atoms with Crippen LogP contribution in [-0.4, -0.2) is 53.2 Å². The Hall–Kier alpha value is -2.36. The fourth-order valence-corrected chi connectivity index (χ4v) is 2.90. The van der Waals surface area contributed by atoms with E-state index >= 15 is 0 Å². The Morgan fingerprint density at radius 3 is 2.74 bits per heavy atom. The Labute approximate surface area is 176 Å². The van der Waals surface area contributed by atoms with Crippen molar-refractivity contribution in [1.29, 1.82) is 0 Å². The lowest BCUT2D eigenvalue weighted by atomic mass is 10.2. The first-order chi connectivity index (χ1) is 12.7. The zero-order valence-electron chi connectivity index (χ0n) is 15.8. The van der Waals surface area contributed by atoms with Crippen molar-refractivity contribution < 1.29 is 4.74 Å². The molecule has 0 aliphatic rings. The van der Waals surface area contributed by atoms with Crippen LogP contribution in [0.3, 0.4) is 0 Å². The fraction of sp³-hybridized carbons (Fsp3) is 0.316. The summed E-state index contributed by atoms with van der Waals surface area (Å²) in [6, 6.07) is 13.9. The third-order valence-electron chi connectivity index (χ3n) is 4.19. The molecule has 8 heteroatoms. The van der Waals surface area contributed by atoms with Crippen molar-refractivity contribution >= 4 is 35.6 Å². The zero-order valence-corrected chi connectivity index (χ0v) is 18.1. The molecule has 0 fully saturated rings. The van der Waals surface area contributed by atoms with Crippen LogP contribution in [0.1, 0.15) is 11.4 Å². The largest absolute Gasteiger partial charge is 0.496 e. The second-order valence-electron chi connectivity index (χ2n) is 5.94. The van der Waals surface area contributed by atoms with E-state index in [1.807, 2.05) is 54.0 Å². The van der Waals surface area contributed by atoms with E-state index in [0.717, 1.165) is 41.7 Å². The first kappa shape index (κ1) is 20.9. The number of hydrogen-bond acceptors (Lipinski definition) is 4. The molecule has 2 aromatic heterocycles. The molecule has 144 valence electrons. The number of nitrogens with zero attached hydrogens (tertiary/aromatic N) is 5. The number of methoxy groups -OCH3 is 1. The number of halogens is 1. The molecule has 0 saturated heterocycles. The third kappa shape index (κ3) is 5.09. The minimum atomic E-state index is 0. The number of guanidine groups is 1. The van der Waals surface area contributed by atoms with Crippen molar-refractivity contribution in [3.05, 3.63) is 60.0 Å². The maximum Gasteiger partial charge on any atom is 0.193 e. The van der Waals surface area contributed by atoms with Gasteiger partial charge in [0.1, 0.15) is 11.6 Å². The summed E-state index contributed by atoms with van der Waals surface area (Å²) in [4.78, 5) is 6.44. The van der Waals surface area contributed by atoms with Crippen molar-refractivity contribution in [1.82, 2.24) is 24.8 Å². The van der Waals surface area contributed by atoms with Gasteiger partial charge in [0.25, 0.3) is 0 Å². The number of rotatable bonds is 6. The van der Waals surface area contributed by atoms with Crippen LogP contribution in [0.4, 0.5) is 0 Å². The number of aromatic nitrogens is 3. The molecule has 0 spiro atoms. The second kappa shape index (κ2) is 10.1. The molecule has 3 aromatic rings. The van der Waals surface area contributed by atoms with Crippen molar-refractivity contribution in [2.24, 2.45) is 4.99 Å². The number of ether oxygens (including phenoxy) is 1. The number of aliphatic imine (C=N–C) groups is 1. The van der Waals surface area contributed by atoms with Crippen LogP contribution < -0.4 is 10.1 Å². The van der Waals surface area contributed by atoms with Gasteiger partial charge in [-0.1, -0.05) is 24.3 Å². The molecule has 3 rings (SSSR count). The standard InChI is InChI=1S/C19H24N6O.HI/c1-20-19(24(2)14-15-8-4-5-9-16(15)26-3)21-12-11-18-23-22-17-10-6-7-13-25(17)18;/h4-10,13H,11-12,14H2,1-3H3,(H,20,21);1H. The molecule has 0 amide bonds. The lowest BCUT2D eigenvalue weighted by molar-refractivity contribution is 0.396. The highest BCUT2D eigenvalue weighted by molar-refractivity contribution is 14.0. The maximum absolute atomic E-state index is 5.43. The minimum absolute atomic E-state index is 0. The molecule has 0 unspecified atom stereocenters. The Balaban J connectivity index is 0.00000261. The van der Waals surface area contributed by atoms with E-state index in [4.69, 9.17) is 4.74 Å². The van der Waals surface area contributed by atoms with E-state index < -0.39 is 0 Å². The monoisotopic (exact) mass is 480 g/mol. The predicted octanol–water partition coefficient (Wildman–Crippen LogP) is 2.61. The van der Waals surface area contributed by atoms with Crippen molar-refractivity contribution in [2.75, 3.05) is 27.7 Å². The average Bonchev–Trinajstić information content (AvgIpc) is 3.09. The van der Waals surface area contributed by atoms with Gasteiger partial charge in [-0.25, -0.2) is 0 Å². The Morgan fingerprint density at radius 2 is 1.96 bits per heavy atom. The molecule has 0 aliphatic heterocycles. The van der Waals surface area contributed by atoms with Crippen LogP contribution in [0.15, 0.2) is 53.7 Å². The summed E-state index contributed by atoms with van der Waals surface area (Å²) in [7, 11) is 5.48. The molecule has 0 bridgehead atoms. The van der Waals surface area contributed by atoms with Crippen LogP contribution in [0.25, 0.3) is 5.65 Å². The number of hydrogen-bond donors (Lipinski definition) is 1. The van der Waals surface area contributed by atoms with Crippen molar-refractivity contribution in [2.45, 2.75) is 13.0 Å². The van der Waals surface area contributed by atoms with Crippen LogP contribution in [0.2, 0.25) is 0 Å². The van der Waals surface area contributed by atoms with Crippen LogP contribution in [0.5, 0.6) is 5.75 Å². The van der Waals surface area contributed by atoms with Gasteiger partial charge in [-0.05, 0) is 18.2 Å². The van der Waals surface area contributed by atoms with Crippen LogP contribution in [0, 0.1) is 0 Å². The summed E-state index contributed by atoms with van der Waals surface area (Å²) in [5.74, 6) is 2.63. The van der Waals surface area contributed by atoms with Gasteiger partial charge in [-0.3, -0.25) is 9.39 Å². The van der Waals surface area contributed by atoms with Gasteiger partial charge in [0.05, 0.1) is 7.11 Å². The van der Waals surface area contributed by atoms with Gasteiger partial charge in [0.15, 0.2) is 11.6 Å². The number of para-hydroxylation sites is 1. The smallest absolute Gasteiger partial charge is 0.193 e. The summed E-state index contributed by atoms with van der Waals surface area (Å²) in [6.07, 6.45) is 2.74. The molecular formula is C19H25IN6O. The average molecular weight is 480 g/mol. The molecule has 2 heterocycles. The van der Waals surface area contributed by atoms with E-state index in [-0.39, 0.29) is 24.0 Å². The number of nitrogens with one attached hydrogen (secondary N) is 1. The van der Waals surface area contributed by atoms with E-state index in [0.29, 0.717) is 6.54 Å². The summed E-state index contributed by atoms with van der Waals surface area (Å²) in [5, 5.41) is 11.8. The molecule has 0 atom stereocenters. The summed E-state index contributed by atoms with van der Waals surface area (Å²) in [5.41, 5.74) is 1.98. The maximum atomic E-state index is 5.43. The number of pyridine rings is 1. The Bertz CT molecular complexity index is 895. The fourth-order valence-electron chi connectivity index (χ4n) is 2.90. The first-order valence-corrected chi connectivity index (χ1v) is 8.55. The van der Waals surface area contributed by atoms with Gasteiger partial charge >= 0.3 is 0 Å². The molecule has 0 radical (unpaired) electrons. The van der Waals surface area contributed by atoms with Gasteiger partial charge in [-0.15, -0.1) is 34.2 Å².